The molecule has 0 radical (unpaired) electrons. The van der Waals surface area contributed by atoms with Crippen LogP contribution in [0.25, 0.3) is 0 Å². The second kappa shape index (κ2) is 17.1. The van der Waals surface area contributed by atoms with Gasteiger partial charge in [-0.3, -0.25) is 0 Å². The quantitative estimate of drug-likeness (QED) is 0.0960. The molecular weight excluding hydrogens is 764 g/mol. The van der Waals surface area contributed by atoms with Crippen LogP contribution >= 0.6 is 0 Å². The van der Waals surface area contributed by atoms with Gasteiger partial charge in [0.15, 0.2) is 0 Å². The Labute approximate surface area is 305 Å². The zero-order valence-electron chi connectivity index (χ0n) is 27.5. The molecule has 0 bridgehead atoms. The number of carbonyl (C=O) groups is 4. The molecule has 5 aromatic carbocycles. The number of esters is 4. The van der Waals surface area contributed by atoms with E-state index in [9.17, 15) is 19.2 Å². The van der Waals surface area contributed by atoms with E-state index in [-0.39, 0.29) is 23.3 Å². The van der Waals surface area contributed by atoms with Gasteiger partial charge in [-0.1, -0.05) is 0 Å². The van der Waals surface area contributed by atoms with Crippen LogP contribution in [0, 0.1) is 6.92 Å². The first-order valence-corrected chi connectivity index (χ1v) is 18.8. The van der Waals surface area contributed by atoms with E-state index in [1.807, 2.05) is 31.2 Å². The van der Waals surface area contributed by atoms with E-state index in [1.165, 1.54) is 0 Å². The molecule has 1 fully saturated rings. The Kier molecular flexibility index (Phi) is 11.9. The molecule has 1 saturated heterocycles. The molecule has 9 nitrogen and oxygen atoms in total. The second-order valence-corrected chi connectivity index (χ2v) is 15.0. The van der Waals surface area contributed by atoms with Crippen molar-refractivity contribution in [2.75, 3.05) is 6.61 Å². The van der Waals surface area contributed by atoms with E-state index in [0.29, 0.717) is 5.56 Å². The Bertz CT molecular complexity index is 1920. The van der Waals surface area contributed by atoms with Gasteiger partial charge in [-0.2, -0.15) is 0 Å². The molecule has 0 unspecified atom stereocenters. The van der Waals surface area contributed by atoms with Gasteiger partial charge in [0, 0.05) is 0 Å². The van der Waals surface area contributed by atoms with Crippen molar-refractivity contribution in [3.8, 4) is 0 Å². The van der Waals surface area contributed by atoms with Gasteiger partial charge in [-0.15, -0.1) is 0 Å². The van der Waals surface area contributed by atoms with Crippen molar-refractivity contribution in [2.24, 2.45) is 0 Å². The zero-order chi connectivity index (χ0) is 35.6. The standard InChI is InChI=1S/C41H34O9Te/c1-27-22-24-32(25-23-27)51-41-36(50-40(45)31-20-12-5-13-21-31)35(49-39(44)30-18-10-4-11-19-30)34(48-38(43)29-16-8-3-9-17-29)33(47-41)26-46-37(42)28-14-6-2-7-15-28/h2-25,33-36,41H,26H2,1H3/t33-,34+,35+,36-,41+/m1/s1. The summed E-state index contributed by atoms with van der Waals surface area (Å²) in [7, 11) is 0. The van der Waals surface area contributed by atoms with E-state index in [1.54, 1.807) is 121 Å². The van der Waals surface area contributed by atoms with Crippen LogP contribution in [0.3, 0.4) is 0 Å². The molecular formula is C41H34O9Te. The summed E-state index contributed by atoms with van der Waals surface area (Å²) in [6.07, 6.45) is -5.02. The predicted molar refractivity (Wildman–Crippen MR) is 189 cm³/mol. The fourth-order valence-corrected chi connectivity index (χ4v) is 8.52. The molecule has 10 heteroatoms. The Morgan fingerprint density at radius 2 is 0.902 bits per heavy atom. The third-order valence-electron chi connectivity index (χ3n) is 8.01. The number of rotatable bonds is 11. The number of benzene rings is 5. The Hall–Kier alpha value is -5.27. The van der Waals surface area contributed by atoms with Gasteiger partial charge in [0.05, 0.1) is 0 Å². The molecule has 0 N–H and O–H groups in total. The average molecular weight is 798 g/mol. The molecule has 1 aliphatic heterocycles. The molecule has 51 heavy (non-hydrogen) atoms. The molecule has 6 rings (SSSR count). The van der Waals surface area contributed by atoms with Crippen LogP contribution in [0.5, 0.6) is 0 Å². The van der Waals surface area contributed by atoms with Gasteiger partial charge in [-0.25, -0.2) is 0 Å². The molecule has 0 saturated carbocycles. The Morgan fingerprint density at radius 1 is 0.510 bits per heavy atom. The van der Waals surface area contributed by atoms with E-state index >= 15 is 0 Å². The summed E-state index contributed by atoms with van der Waals surface area (Å²) in [4.78, 5) is 54.2. The van der Waals surface area contributed by atoms with Gasteiger partial charge in [0.1, 0.15) is 0 Å². The topological polar surface area (TPSA) is 114 Å². The molecule has 5 atom stereocenters. The van der Waals surface area contributed by atoms with Crippen LogP contribution in [-0.2, 0) is 23.7 Å². The fraction of sp³-hybridized carbons (Fsp3) is 0.171. The second-order valence-electron chi connectivity index (χ2n) is 11.6. The van der Waals surface area contributed by atoms with Crippen LogP contribution in [-0.4, -0.2) is 80.0 Å². The summed E-state index contributed by atoms with van der Waals surface area (Å²) in [6.45, 7) is 1.63. The Morgan fingerprint density at radius 3 is 1.35 bits per heavy atom. The minimum absolute atomic E-state index is 0.235. The van der Waals surface area contributed by atoms with Crippen molar-refractivity contribution in [1.82, 2.24) is 0 Å². The number of aryl methyl sites for hydroxylation is 1. The van der Waals surface area contributed by atoms with Crippen LogP contribution < -0.4 is 3.61 Å². The summed E-state index contributed by atoms with van der Waals surface area (Å²) in [5, 5.41) is 0. The van der Waals surface area contributed by atoms with Crippen molar-refractivity contribution in [3.05, 3.63) is 173 Å². The Balaban J connectivity index is 1.41. The van der Waals surface area contributed by atoms with Gasteiger partial charge in [0.25, 0.3) is 0 Å². The molecule has 0 aromatic heterocycles. The van der Waals surface area contributed by atoms with Crippen LogP contribution in [0.2, 0.25) is 0 Å². The number of ether oxygens (including phenoxy) is 5. The van der Waals surface area contributed by atoms with Crippen molar-refractivity contribution in [2.45, 2.75) is 35.5 Å². The molecule has 1 heterocycles. The molecule has 0 amide bonds. The third-order valence-corrected chi connectivity index (χ3v) is 11.3. The van der Waals surface area contributed by atoms with Crippen molar-refractivity contribution < 1.29 is 42.9 Å². The molecule has 0 aliphatic carbocycles. The van der Waals surface area contributed by atoms with Crippen LogP contribution in [0.4, 0.5) is 0 Å². The van der Waals surface area contributed by atoms with Crippen molar-refractivity contribution >= 4 is 48.4 Å². The minimum atomic E-state index is -1.36. The van der Waals surface area contributed by atoms with E-state index in [2.05, 4.69) is 0 Å². The first-order valence-electron chi connectivity index (χ1n) is 16.2. The fourth-order valence-electron chi connectivity index (χ4n) is 5.37. The SMILES string of the molecule is Cc1ccc([Te][C@@H]2O[C@H](COC(=O)c3ccccc3)[C@H](OC(=O)c3ccccc3)[C@H](OC(=O)c3ccccc3)[C@H]2OC(=O)c2ccccc2)cc1. The zero-order valence-corrected chi connectivity index (χ0v) is 29.9. The van der Waals surface area contributed by atoms with Gasteiger partial charge >= 0.3 is 307 Å². The molecule has 1 aliphatic rings. The summed E-state index contributed by atoms with van der Waals surface area (Å²) in [6, 6.07) is 41.4. The van der Waals surface area contributed by atoms with Crippen molar-refractivity contribution in [3.63, 3.8) is 0 Å². The van der Waals surface area contributed by atoms with Crippen LogP contribution in [0.1, 0.15) is 47.0 Å². The number of hydrogen-bond acceptors (Lipinski definition) is 9. The predicted octanol–water partition coefficient (Wildman–Crippen LogP) is 5.58. The first-order chi connectivity index (χ1) is 24.9. The van der Waals surface area contributed by atoms with Crippen LogP contribution in [0.15, 0.2) is 146 Å². The monoisotopic (exact) mass is 800 g/mol. The maximum atomic E-state index is 13.8. The van der Waals surface area contributed by atoms with E-state index in [4.69, 9.17) is 23.7 Å². The molecule has 0 spiro atoms. The van der Waals surface area contributed by atoms with E-state index < -0.39 is 73.4 Å². The normalized spacial score (nSPS) is 19.7. The average Bonchev–Trinajstić information content (AvgIpc) is 3.18. The van der Waals surface area contributed by atoms with Crippen molar-refractivity contribution in [1.29, 1.82) is 0 Å². The summed E-state index contributed by atoms with van der Waals surface area (Å²) in [5.74, 6) is -2.74. The number of carbonyl (C=O) groups excluding carboxylic acids is 4. The van der Waals surface area contributed by atoms with E-state index in [0.717, 1.165) is 9.17 Å². The summed E-state index contributed by atoms with van der Waals surface area (Å²) >= 11 is -1.36. The molecule has 258 valence electrons. The summed E-state index contributed by atoms with van der Waals surface area (Å²) < 4.78 is 31.0. The van der Waals surface area contributed by atoms with Gasteiger partial charge < -0.3 is 0 Å². The maximum absolute atomic E-state index is 13.8. The van der Waals surface area contributed by atoms with Gasteiger partial charge in [-0.05, 0) is 0 Å². The molecule has 5 aromatic rings. The third kappa shape index (κ3) is 9.30. The number of hydrogen-bond donors (Lipinski definition) is 0. The summed E-state index contributed by atoms with van der Waals surface area (Å²) in [5.41, 5.74) is 2.13. The first kappa shape index (κ1) is 35.6. The van der Waals surface area contributed by atoms with Gasteiger partial charge in [0.2, 0.25) is 0 Å².